The van der Waals surface area contributed by atoms with Crippen molar-refractivity contribution in [2.75, 3.05) is 20.1 Å². The molecule has 0 spiro atoms. The zero-order chi connectivity index (χ0) is 14.5. The summed E-state index contributed by atoms with van der Waals surface area (Å²) in [5.41, 5.74) is 0.582. The maximum absolute atomic E-state index is 13.4. The van der Waals surface area contributed by atoms with Crippen LogP contribution in [-0.4, -0.2) is 32.9 Å². The van der Waals surface area contributed by atoms with Gasteiger partial charge in [0.05, 0.1) is 4.90 Å². The molecular formula is C13H21FN2O2S. The predicted molar refractivity (Wildman–Crippen MR) is 73.9 cm³/mol. The number of halogens is 1. The van der Waals surface area contributed by atoms with Crippen LogP contribution >= 0.6 is 0 Å². The Morgan fingerprint density at radius 3 is 2.53 bits per heavy atom. The van der Waals surface area contributed by atoms with Gasteiger partial charge in [0.2, 0.25) is 10.0 Å². The molecule has 1 aromatic carbocycles. The second kappa shape index (κ2) is 6.98. The van der Waals surface area contributed by atoms with Crippen molar-refractivity contribution < 1.29 is 12.8 Å². The van der Waals surface area contributed by atoms with Gasteiger partial charge >= 0.3 is 0 Å². The fraction of sp³-hybridized carbons (Fsp3) is 0.538. The second-order valence-corrected chi connectivity index (χ2v) is 6.19. The summed E-state index contributed by atoms with van der Waals surface area (Å²) in [6.45, 7) is 4.90. The molecule has 0 radical (unpaired) electrons. The third-order valence-corrected chi connectivity index (χ3v) is 4.90. The highest BCUT2D eigenvalue weighted by Crippen LogP contribution is 2.21. The number of nitrogens with zero attached hydrogens (tertiary/aromatic N) is 1. The van der Waals surface area contributed by atoms with E-state index in [0.29, 0.717) is 25.2 Å². The van der Waals surface area contributed by atoms with E-state index in [0.717, 1.165) is 12.5 Å². The molecule has 0 atom stereocenters. The lowest BCUT2D eigenvalue weighted by atomic mass is 10.2. The normalized spacial score (nSPS) is 12.1. The van der Waals surface area contributed by atoms with Gasteiger partial charge in [0.25, 0.3) is 0 Å². The number of nitrogens with one attached hydrogen (secondary N) is 1. The Balaban J connectivity index is 3.29. The zero-order valence-electron chi connectivity index (χ0n) is 11.6. The second-order valence-electron chi connectivity index (χ2n) is 4.28. The summed E-state index contributed by atoms with van der Waals surface area (Å²) in [6.07, 6.45) is 0.726. The molecule has 0 aromatic heterocycles. The fourth-order valence-electron chi connectivity index (χ4n) is 1.94. The predicted octanol–water partition coefficient (Wildman–Crippen LogP) is 1.97. The van der Waals surface area contributed by atoms with E-state index in [9.17, 15) is 12.8 Å². The van der Waals surface area contributed by atoms with Crippen LogP contribution in [0.15, 0.2) is 23.1 Å². The van der Waals surface area contributed by atoms with Crippen LogP contribution in [-0.2, 0) is 16.6 Å². The summed E-state index contributed by atoms with van der Waals surface area (Å²) in [5, 5.41) is 2.90. The minimum atomic E-state index is -3.64. The van der Waals surface area contributed by atoms with Gasteiger partial charge in [-0.2, -0.15) is 4.31 Å². The molecule has 4 nitrogen and oxygen atoms in total. The highest BCUT2D eigenvalue weighted by atomic mass is 32.2. The third-order valence-electron chi connectivity index (χ3n) is 2.84. The Kier molecular flexibility index (Phi) is 5.90. The van der Waals surface area contributed by atoms with E-state index < -0.39 is 15.8 Å². The highest BCUT2D eigenvalue weighted by molar-refractivity contribution is 7.89. The van der Waals surface area contributed by atoms with E-state index in [1.165, 1.54) is 16.4 Å². The van der Waals surface area contributed by atoms with Gasteiger partial charge in [-0.3, -0.25) is 0 Å². The summed E-state index contributed by atoms with van der Waals surface area (Å²) in [6, 6.07) is 3.89. The quantitative estimate of drug-likeness (QED) is 0.834. The molecule has 0 heterocycles. The Morgan fingerprint density at radius 2 is 2.00 bits per heavy atom. The maximum atomic E-state index is 13.4. The Labute approximate surface area is 114 Å². The van der Waals surface area contributed by atoms with E-state index in [1.54, 1.807) is 14.0 Å². The molecule has 0 bridgehead atoms. The first-order valence-electron chi connectivity index (χ1n) is 6.40. The van der Waals surface area contributed by atoms with E-state index in [-0.39, 0.29) is 4.90 Å². The van der Waals surface area contributed by atoms with Crippen molar-refractivity contribution in [3.63, 3.8) is 0 Å². The molecule has 0 unspecified atom stereocenters. The van der Waals surface area contributed by atoms with Crippen LogP contribution in [0.5, 0.6) is 0 Å². The van der Waals surface area contributed by atoms with E-state index in [1.807, 2.05) is 6.92 Å². The molecule has 0 saturated carbocycles. The maximum Gasteiger partial charge on any atom is 0.243 e. The van der Waals surface area contributed by atoms with Crippen molar-refractivity contribution >= 4 is 10.0 Å². The van der Waals surface area contributed by atoms with Crippen molar-refractivity contribution in [1.82, 2.24) is 9.62 Å². The first kappa shape index (κ1) is 16.1. The van der Waals surface area contributed by atoms with Gasteiger partial charge in [-0.25, -0.2) is 12.8 Å². The summed E-state index contributed by atoms with van der Waals surface area (Å²) < 4.78 is 39.8. The number of benzene rings is 1. The largest absolute Gasteiger partial charge is 0.316 e. The molecular weight excluding hydrogens is 267 g/mol. The van der Waals surface area contributed by atoms with Crippen LogP contribution in [0, 0.1) is 5.82 Å². The number of sulfonamides is 1. The number of rotatable bonds is 7. The number of hydrogen-bond donors (Lipinski definition) is 1. The SMILES string of the molecule is CCCN(CC)S(=O)(=O)c1cc(F)ccc1CNC. The molecule has 19 heavy (non-hydrogen) atoms. The summed E-state index contributed by atoms with van der Waals surface area (Å²) >= 11 is 0. The van der Waals surface area contributed by atoms with Crippen LogP contribution in [0.25, 0.3) is 0 Å². The summed E-state index contributed by atoms with van der Waals surface area (Å²) in [4.78, 5) is 0.0529. The highest BCUT2D eigenvalue weighted by Gasteiger charge is 2.25. The Bertz CT molecular complexity index is 517. The molecule has 6 heteroatoms. The fourth-order valence-corrected chi connectivity index (χ4v) is 3.72. The molecule has 0 amide bonds. The van der Waals surface area contributed by atoms with Crippen molar-refractivity contribution in [2.45, 2.75) is 31.7 Å². The third kappa shape index (κ3) is 3.75. The van der Waals surface area contributed by atoms with Gasteiger partial charge in [-0.1, -0.05) is 19.9 Å². The van der Waals surface area contributed by atoms with E-state index in [4.69, 9.17) is 0 Å². The van der Waals surface area contributed by atoms with Gasteiger partial charge in [0.1, 0.15) is 5.82 Å². The minimum Gasteiger partial charge on any atom is -0.316 e. The molecule has 0 aliphatic rings. The van der Waals surface area contributed by atoms with E-state index >= 15 is 0 Å². The molecule has 0 fully saturated rings. The van der Waals surface area contributed by atoms with Gasteiger partial charge in [0.15, 0.2) is 0 Å². The first-order valence-corrected chi connectivity index (χ1v) is 7.84. The van der Waals surface area contributed by atoms with Crippen molar-refractivity contribution in [2.24, 2.45) is 0 Å². The lowest BCUT2D eigenvalue weighted by Crippen LogP contribution is -2.32. The average molecular weight is 288 g/mol. The number of hydrogen-bond acceptors (Lipinski definition) is 3. The molecule has 0 aliphatic heterocycles. The van der Waals surface area contributed by atoms with Gasteiger partial charge in [-0.15, -0.1) is 0 Å². The topological polar surface area (TPSA) is 49.4 Å². The Hall–Kier alpha value is -0.980. The molecule has 1 aromatic rings. The van der Waals surface area contributed by atoms with Crippen LogP contribution < -0.4 is 5.32 Å². The monoisotopic (exact) mass is 288 g/mol. The standard InChI is InChI=1S/C13H21FN2O2S/c1-4-8-16(5-2)19(17,18)13-9-12(14)7-6-11(13)10-15-3/h6-7,9,15H,4-5,8,10H2,1-3H3. The zero-order valence-corrected chi connectivity index (χ0v) is 12.4. The van der Waals surface area contributed by atoms with Crippen molar-refractivity contribution in [3.05, 3.63) is 29.6 Å². The minimum absolute atomic E-state index is 0.0529. The van der Waals surface area contributed by atoms with Gasteiger partial charge < -0.3 is 5.32 Å². The van der Waals surface area contributed by atoms with Crippen LogP contribution in [0.4, 0.5) is 4.39 Å². The molecule has 1 rings (SSSR count). The first-order chi connectivity index (χ1) is 8.97. The molecule has 1 N–H and O–H groups in total. The van der Waals surface area contributed by atoms with E-state index in [2.05, 4.69) is 5.32 Å². The molecule has 0 aliphatic carbocycles. The molecule has 0 saturated heterocycles. The smallest absolute Gasteiger partial charge is 0.243 e. The van der Waals surface area contributed by atoms with Crippen molar-refractivity contribution in [3.8, 4) is 0 Å². The summed E-state index contributed by atoms with van der Waals surface area (Å²) in [7, 11) is -1.91. The van der Waals surface area contributed by atoms with Gasteiger partial charge in [-0.05, 0) is 31.2 Å². The lowest BCUT2D eigenvalue weighted by Gasteiger charge is -2.21. The summed E-state index contributed by atoms with van der Waals surface area (Å²) in [5.74, 6) is -0.536. The van der Waals surface area contributed by atoms with Gasteiger partial charge in [0, 0.05) is 19.6 Å². The van der Waals surface area contributed by atoms with Crippen LogP contribution in [0.3, 0.4) is 0 Å². The van der Waals surface area contributed by atoms with Crippen molar-refractivity contribution in [1.29, 1.82) is 0 Å². The lowest BCUT2D eigenvalue weighted by molar-refractivity contribution is 0.426. The van der Waals surface area contributed by atoms with Crippen LogP contribution in [0.1, 0.15) is 25.8 Å². The Morgan fingerprint density at radius 1 is 1.32 bits per heavy atom. The molecule has 108 valence electrons. The average Bonchev–Trinajstić information content (AvgIpc) is 2.38. The van der Waals surface area contributed by atoms with Crippen LogP contribution in [0.2, 0.25) is 0 Å².